The summed E-state index contributed by atoms with van der Waals surface area (Å²) in [5, 5.41) is 19.5. The Labute approximate surface area is 187 Å². The van der Waals surface area contributed by atoms with Crippen molar-refractivity contribution >= 4 is 5.97 Å². The number of ether oxygens (including phenoxy) is 1. The van der Waals surface area contributed by atoms with Crippen LogP contribution in [-0.2, 0) is 9.53 Å². The van der Waals surface area contributed by atoms with Gasteiger partial charge in [0.05, 0.1) is 12.2 Å². The van der Waals surface area contributed by atoms with Crippen molar-refractivity contribution in [2.45, 2.75) is 149 Å². The normalized spacial score (nSPS) is 14.5. The Morgan fingerprint density at radius 3 is 1.90 bits per heavy atom. The minimum Gasteiger partial charge on any atom is -0.481 e. The number of carboxylic acids is 1. The maximum atomic E-state index is 10.8. The standard InChI is InChI=1S/C26H52O4/c1-4-7-9-10-12-15-19-24(27)25(30-22-23(6-3)18-8-5-2)20-16-13-11-14-17-21-26(28)29/h23-25,27H,4-22H2,1-3H3,(H,28,29). The van der Waals surface area contributed by atoms with Gasteiger partial charge in [0.25, 0.3) is 0 Å². The highest BCUT2D eigenvalue weighted by Gasteiger charge is 2.21. The van der Waals surface area contributed by atoms with Crippen LogP contribution in [0.15, 0.2) is 0 Å². The zero-order chi connectivity index (χ0) is 22.5. The first-order chi connectivity index (χ1) is 14.5. The number of carboxylic acid groups (broad SMARTS) is 1. The van der Waals surface area contributed by atoms with Crippen molar-refractivity contribution in [3.8, 4) is 0 Å². The SMILES string of the molecule is CCCCCCCCC(O)C(CCCCCCCC(=O)O)OCC(CC)CCCC. The van der Waals surface area contributed by atoms with Crippen molar-refractivity contribution in [3.63, 3.8) is 0 Å². The van der Waals surface area contributed by atoms with Gasteiger partial charge in [0.2, 0.25) is 0 Å². The zero-order valence-corrected chi connectivity index (χ0v) is 20.4. The molecule has 3 atom stereocenters. The fourth-order valence-electron chi connectivity index (χ4n) is 4.02. The van der Waals surface area contributed by atoms with Gasteiger partial charge in [-0.1, -0.05) is 104 Å². The molecule has 0 fully saturated rings. The molecule has 4 nitrogen and oxygen atoms in total. The van der Waals surface area contributed by atoms with Crippen LogP contribution < -0.4 is 0 Å². The van der Waals surface area contributed by atoms with Crippen LogP contribution in [-0.4, -0.2) is 35.0 Å². The molecule has 0 aliphatic carbocycles. The Morgan fingerprint density at radius 1 is 0.733 bits per heavy atom. The Kier molecular flexibility index (Phi) is 21.2. The number of aliphatic hydroxyl groups is 1. The van der Waals surface area contributed by atoms with Crippen LogP contribution in [0.3, 0.4) is 0 Å². The van der Waals surface area contributed by atoms with Gasteiger partial charge >= 0.3 is 5.97 Å². The summed E-state index contributed by atoms with van der Waals surface area (Å²) in [6.07, 6.45) is 18.9. The average Bonchev–Trinajstić information content (AvgIpc) is 2.73. The van der Waals surface area contributed by atoms with Crippen molar-refractivity contribution in [3.05, 3.63) is 0 Å². The molecule has 0 saturated carbocycles. The van der Waals surface area contributed by atoms with E-state index in [2.05, 4.69) is 20.8 Å². The van der Waals surface area contributed by atoms with Gasteiger partial charge in [0, 0.05) is 13.0 Å². The number of aliphatic carboxylic acids is 1. The number of hydrogen-bond donors (Lipinski definition) is 2. The number of unbranched alkanes of at least 4 members (excludes halogenated alkanes) is 10. The molecule has 0 aliphatic heterocycles. The largest absolute Gasteiger partial charge is 0.481 e. The third kappa shape index (κ3) is 18.2. The Morgan fingerprint density at radius 2 is 1.30 bits per heavy atom. The summed E-state index contributed by atoms with van der Waals surface area (Å²) in [5.41, 5.74) is 0. The molecule has 0 aromatic heterocycles. The first kappa shape index (κ1) is 29.4. The summed E-state index contributed by atoms with van der Waals surface area (Å²) in [7, 11) is 0. The monoisotopic (exact) mass is 428 g/mol. The van der Waals surface area contributed by atoms with Gasteiger partial charge in [-0.2, -0.15) is 0 Å². The number of hydrogen-bond acceptors (Lipinski definition) is 3. The fourth-order valence-corrected chi connectivity index (χ4v) is 4.02. The lowest BCUT2D eigenvalue weighted by molar-refractivity contribution is -0.137. The maximum absolute atomic E-state index is 10.8. The smallest absolute Gasteiger partial charge is 0.303 e. The zero-order valence-electron chi connectivity index (χ0n) is 20.4. The van der Waals surface area contributed by atoms with E-state index in [1.54, 1.807) is 0 Å². The maximum Gasteiger partial charge on any atom is 0.303 e. The third-order valence-corrected chi connectivity index (χ3v) is 6.25. The van der Waals surface area contributed by atoms with Gasteiger partial charge in [-0.3, -0.25) is 4.79 Å². The highest BCUT2D eigenvalue weighted by molar-refractivity contribution is 5.66. The molecule has 2 N–H and O–H groups in total. The summed E-state index contributed by atoms with van der Waals surface area (Å²) in [6.45, 7) is 7.48. The van der Waals surface area contributed by atoms with Crippen LogP contribution in [0.2, 0.25) is 0 Å². The molecule has 0 amide bonds. The molecule has 3 unspecified atom stereocenters. The van der Waals surface area contributed by atoms with Crippen molar-refractivity contribution in [2.75, 3.05) is 6.61 Å². The second-order valence-electron chi connectivity index (χ2n) is 9.11. The molecule has 0 aliphatic rings. The molecule has 180 valence electrons. The Hall–Kier alpha value is -0.610. The molecule has 0 aromatic carbocycles. The average molecular weight is 429 g/mol. The van der Waals surface area contributed by atoms with E-state index in [9.17, 15) is 9.90 Å². The summed E-state index contributed by atoms with van der Waals surface area (Å²) < 4.78 is 6.28. The lowest BCUT2D eigenvalue weighted by Gasteiger charge is -2.26. The summed E-state index contributed by atoms with van der Waals surface area (Å²) in [6, 6.07) is 0. The minimum absolute atomic E-state index is 0.0460. The minimum atomic E-state index is -0.699. The van der Waals surface area contributed by atoms with Gasteiger partial charge in [0.15, 0.2) is 0 Å². The summed E-state index contributed by atoms with van der Waals surface area (Å²) in [4.78, 5) is 10.6. The first-order valence-electron chi connectivity index (χ1n) is 13.1. The Balaban J connectivity index is 4.29. The fraction of sp³-hybridized carbons (Fsp3) is 0.962. The van der Waals surface area contributed by atoms with Gasteiger partial charge in [-0.15, -0.1) is 0 Å². The third-order valence-electron chi connectivity index (χ3n) is 6.25. The van der Waals surface area contributed by atoms with Crippen molar-refractivity contribution in [1.29, 1.82) is 0 Å². The topological polar surface area (TPSA) is 66.8 Å². The van der Waals surface area contributed by atoms with Gasteiger partial charge < -0.3 is 14.9 Å². The van der Waals surface area contributed by atoms with Crippen LogP contribution >= 0.6 is 0 Å². The quantitative estimate of drug-likeness (QED) is 0.165. The molecule has 4 heteroatoms. The molecule has 0 aromatic rings. The van der Waals surface area contributed by atoms with Crippen LogP contribution in [0.5, 0.6) is 0 Å². The van der Waals surface area contributed by atoms with E-state index in [1.165, 1.54) is 51.4 Å². The Bertz CT molecular complexity index is 372. The number of carbonyl (C=O) groups is 1. The van der Waals surface area contributed by atoms with Gasteiger partial charge in [-0.25, -0.2) is 0 Å². The number of aliphatic hydroxyl groups excluding tert-OH is 1. The van der Waals surface area contributed by atoms with Crippen LogP contribution in [0.1, 0.15) is 136 Å². The molecule has 0 radical (unpaired) electrons. The van der Waals surface area contributed by atoms with E-state index in [1.807, 2.05) is 0 Å². The second kappa shape index (κ2) is 21.6. The molecule has 0 rings (SSSR count). The van der Waals surface area contributed by atoms with E-state index in [0.717, 1.165) is 64.4 Å². The predicted octanol–water partition coefficient (Wildman–Crippen LogP) is 7.51. The number of rotatable bonds is 23. The highest BCUT2D eigenvalue weighted by atomic mass is 16.5. The molecular formula is C26H52O4. The first-order valence-corrected chi connectivity index (χ1v) is 13.1. The van der Waals surface area contributed by atoms with Crippen LogP contribution in [0, 0.1) is 5.92 Å². The molecule has 30 heavy (non-hydrogen) atoms. The van der Waals surface area contributed by atoms with E-state index in [4.69, 9.17) is 9.84 Å². The second-order valence-corrected chi connectivity index (χ2v) is 9.11. The highest BCUT2D eigenvalue weighted by Crippen LogP contribution is 2.20. The lowest BCUT2D eigenvalue weighted by atomic mass is 9.98. The van der Waals surface area contributed by atoms with Crippen LogP contribution in [0.4, 0.5) is 0 Å². The molecule has 0 heterocycles. The molecule has 0 saturated heterocycles. The predicted molar refractivity (Wildman–Crippen MR) is 127 cm³/mol. The molecule has 0 spiro atoms. The van der Waals surface area contributed by atoms with Gasteiger partial charge in [-0.05, 0) is 31.6 Å². The van der Waals surface area contributed by atoms with Gasteiger partial charge in [0.1, 0.15) is 0 Å². The van der Waals surface area contributed by atoms with E-state index in [-0.39, 0.29) is 18.6 Å². The van der Waals surface area contributed by atoms with Crippen molar-refractivity contribution in [2.24, 2.45) is 5.92 Å². The van der Waals surface area contributed by atoms with Crippen molar-refractivity contribution in [1.82, 2.24) is 0 Å². The van der Waals surface area contributed by atoms with E-state index >= 15 is 0 Å². The van der Waals surface area contributed by atoms with E-state index in [0.29, 0.717) is 5.92 Å². The lowest BCUT2D eigenvalue weighted by Crippen LogP contribution is -2.31. The van der Waals surface area contributed by atoms with E-state index < -0.39 is 5.97 Å². The summed E-state index contributed by atoms with van der Waals surface area (Å²) in [5.74, 6) is -0.0976. The molecular weight excluding hydrogens is 376 g/mol. The van der Waals surface area contributed by atoms with Crippen molar-refractivity contribution < 1.29 is 19.7 Å². The summed E-state index contributed by atoms with van der Waals surface area (Å²) >= 11 is 0. The molecule has 0 bridgehead atoms. The van der Waals surface area contributed by atoms with Crippen LogP contribution in [0.25, 0.3) is 0 Å².